The van der Waals surface area contributed by atoms with Gasteiger partial charge in [-0.25, -0.2) is 4.79 Å². The van der Waals surface area contributed by atoms with Crippen molar-refractivity contribution in [1.82, 2.24) is 4.90 Å². The number of ether oxygens (including phenoxy) is 2. The number of benzene rings is 4. The van der Waals surface area contributed by atoms with E-state index in [0.29, 0.717) is 19.7 Å². The average molecular weight is 594 g/mol. The molecule has 0 aromatic heterocycles. The lowest BCUT2D eigenvalue weighted by Gasteiger charge is -2.28. The van der Waals surface area contributed by atoms with Crippen LogP contribution in [0.3, 0.4) is 0 Å². The molecule has 4 aromatic rings. The van der Waals surface area contributed by atoms with Gasteiger partial charge in [-0.1, -0.05) is 96.6 Å². The van der Waals surface area contributed by atoms with Crippen molar-refractivity contribution in [3.63, 3.8) is 0 Å². The van der Waals surface area contributed by atoms with Gasteiger partial charge < -0.3 is 19.7 Å². The molecule has 0 spiro atoms. The summed E-state index contributed by atoms with van der Waals surface area (Å²) in [6, 6.07) is 35.0. The van der Waals surface area contributed by atoms with Crippen molar-refractivity contribution < 1.29 is 24.5 Å². The van der Waals surface area contributed by atoms with E-state index in [4.69, 9.17) is 9.47 Å². The van der Waals surface area contributed by atoms with E-state index in [1.165, 1.54) is 16.7 Å². The third-order valence-corrected chi connectivity index (χ3v) is 8.23. The van der Waals surface area contributed by atoms with E-state index in [0.717, 1.165) is 55.3 Å². The van der Waals surface area contributed by atoms with Crippen molar-refractivity contribution in [2.45, 2.75) is 70.7 Å². The van der Waals surface area contributed by atoms with Crippen LogP contribution >= 0.6 is 0 Å². The lowest BCUT2D eigenvalue weighted by molar-refractivity contribution is 0.0114. The predicted molar refractivity (Wildman–Crippen MR) is 172 cm³/mol. The van der Waals surface area contributed by atoms with E-state index < -0.39 is 12.3 Å². The smallest absolute Gasteiger partial charge is 0.335 e. The Bertz CT molecular complexity index is 1460. The maximum absolute atomic E-state index is 11.4. The molecule has 6 nitrogen and oxygen atoms in total. The summed E-state index contributed by atoms with van der Waals surface area (Å²) in [5.74, 6) is -0.921. The van der Waals surface area contributed by atoms with Gasteiger partial charge in [0.25, 0.3) is 0 Å². The number of nitrogens with zero attached hydrogens (tertiary/aromatic N) is 1. The number of epoxide rings is 1. The second-order valence-electron chi connectivity index (χ2n) is 11.8. The molecular formula is C38H43NO5. The van der Waals surface area contributed by atoms with Crippen LogP contribution in [0.4, 0.5) is 0 Å². The predicted octanol–water partition coefficient (Wildman–Crippen LogP) is 7.13. The fourth-order valence-corrected chi connectivity index (χ4v) is 5.56. The Kier molecular flexibility index (Phi) is 11.3. The van der Waals surface area contributed by atoms with Crippen LogP contribution in [0.5, 0.6) is 0 Å². The highest BCUT2D eigenvalue weighted by Gasteiger charge is 2.35. The number of rotatable bonds is 17. The van der Waals surface area contributed by atoms with E-state index in [2.05, 4.69) is 90.7 Å². The molecule has 6 heteroatoms. The molecule has 0 bridgehead atoms. The monoisotopic (exact) mass is 593 g/mol. The number of carboxylic acid groups (broad SMARTS) is 1. The number of aryl methyl sites for hydroxylation is 3. The number of hydrogen-bond acceptors (Lipinski definition) is 5. The van der Waals surface area contributed by atoms with Crippen LogP contribution in [0.25, 0.3) is 0 Å². The molecule has 1 fully saturated rings. The third-order valence-electron chi connectivity index (χ3n) is 8.23. The molecule has 3 unspecified atom stereocenters. The molecule has 0 aliphatic carbocycles. The summed E-state index contributed by atoms with van der Waals surface area (Å²) < 4.78 is 11.8. The minimum absolute atomic E-state index is 0.0277. The van der Waals surface area contributed by atoms with Gasteiger partial charge in [0.15, 0.2) is 6.29 Å². The number of aromatic carboxylic acids is 1. The third kappa shape index (κ3) is 9.86. The normalized spacial score (nSPS) is 16.6. The van der Waals surface area contributed by atoms with Crippen LogP contribution in [0, 0.1) is 6.92 Å². The molecule has 3 atom stereocenters. The summed E-state index contributed by atoms with van der Waals surface area (Å²) >= 11 is 0. The Morgan fingerprint density at radius 3 is 2.16 bits per heavy atom. The highest BCUT2D eigenvalue weighted by molar-refractivity contribution is 5.87. The maximum Gasteiger partial charge on any atom is 0.335 e. The highest BCUT2D eigenvalue weighted by Crippen LogP contribution is 2.26. The van der Waals surface area contributed by atoms with Crippen molar-refractivity contribution in [3.8, 4) is 0 Å². The van der Waals surface area contributed by atoms with E-state index >= 15 is 0 Å². The van der Waals surface area contributed by atoms with E-state index in [9.17, 15) is 15.0 Å². The Morgan fingerprint density at radius 1 is 0.841 bits per heavy atom. The molecule has 1 aliphatic rings. The molecule has 1 saturated heterocycles. The largest absolute Gasteiger partial charge is 0.478 e. The highest BCUT2D eigenvalue weighted by atomic mass is 16.7. The van der Waals surface area contributed by atoms with Crippen molar-refractivity contribution in [3.05, 3.63) is 142 Å². The van der Waals surface area contributed by atoms with E-state index in [1.54, 1.807) is 12.1 Å². The second kappa shape index (κ2) is 15.8. The molecule has 1 heterocycles. The first-order valence-corrected chi connectivity index (χ1v) is 15.6. The molecule has 0 radical (unpaired) electrons. The van der Waals surface area contributed by atoms with Crippen LogP contribution in [0.1, 0.15) is 69.1 Å². The van der Waals surface area contributed by atoms with Gasteiger partial charge >= 0.3 is 5.97 Å². The molecule has 230 valence electrons. The molecule has 4 aromatic carbocycles. The van der Waals surface area contributed by atoms with Gasteiger partial charge in [0, 0.05) is 13.1 Å². The van der Waals surface area contributed by atoms with Crippen molar-refractivity contribution >= 4 is 5.97 Å². The Hall–Kier alpha value is -3.81. The summed E-state index contributed by atoms with van der Waals surface area (Å²) in [5.41, 5.74) is 7.49. The number of aliphatic hydroxyl groups is 1. The zero-order valence-electron chi connectivity index (χ0n) is 25.5. The molecule has 1 aliphatic heterocycles. The van der Waals surface area contributed by atoms with Crippen LogP contribution in [-0.2, 0) is 35.5 Å². The van der Waals surface area contributed by atoms with Crippen LogP contribution < -0.4 is 0 Å². The minimum atomic E-state index is -0.921. The Morgan fingerprint density at radius 2 is 1.50 bits per heavy atom. The van der Waals surface area contributed by atoms with E-state index in [-0.39, 0.29) is 17.8 Å². The second-order valence-corrected chi connectivity index (χ2v) is 11.8. The average Bonchev–Trinajstić information content (AvgIpc) is 3.75. The Balaban J connectivity index is 1.25. The summed E-state index contributed by atoms with van der Waals surface area (Å²) in [5, 5.41) is 18.8. The minimum Gasteiger partial charge on any atom is -0.478 e. The van der Waals surface area contributed by atoms with Gasteiger partial charge in [0.05, 0.1) is 18.3 Å². The summed E-state index contributed by atoms with van der Waals surface area (Å²) in [7, 11) is 0. The molecule has 0 amide bonds. The van der Waals surface area contributed by atoms with Gasteiger partial charge in [-0.2, -0.15) is 0 Å². The summed E-state index contributed by atoms with van der Waals surface area (Å²) in [6.45, 7) is 4.85. The van der Waals surface area contributed by atoms with Gasteiger partial charge in [-0.15, -0.1) is 0 Å². The van der Waals surface area contributed by atoms with Gasteiger partial charge in [-0.3, -0.25) is 4.90 Å². The number of aliphatic hydroxyl groups excluding tert-OH is 1. The zero-order valence-corrected chi connectivity index (χ0v) is 25.5. The van der Waals surface area contributed by atoms with Gasteiger partial charge in [0.2, 0.25) is 0 Å². The fraction of sp³-hybridized carbons (Fsp3) is 0.342. The first-order valence-electron chi connectivity index (χ1n) is 15.6. The van der Waals surface area contributed by atoms with Crippen molar-refractivity contribution in [1.29, 1.82) is 0 Å². The summed E-state index contributed by atoms with van der Waals surface area (Å²) in [6.07, 6.45) is 4.03. The molecule has 44 heavy (non-hydrogen) atoms. The molecule has 5 rings (SSSR count). The number of carbonyl (C=O) groups is 1. The quantitative estimate of drug-likeness (QED) is 0.100. The van der Waals surface area contributed by atoms with Crippen molar-refractivity contribution in [2.24, 2.45) is 0 Å². The maximum atomic E-state index is 11.4. The van der Waals surface area contributed by atoms with Crippen LogP contribution in [0.2, 0.25) is 0 Å². The van der Waals surface area contributed by atoms with E-state index in [1.807, 2.05) is 12.1 Å². The molecule has 2 N–H and O–H groups in total. The first-order chi connectivity index (χ1) is 21.4. The van der Waals surface area contributed by atoms with Gasteiger partial charge in [0.1, 0.15) is 6.10 Å². The fourth-order valence-electron chi connectivity index (χ4n) is 5.56. The summed E-state index contributed by atoms with van der Waals surface area (Å²) in [4.78, 5) is 13.8. The molecular weight excluding hydrogens is 550 g/mol. The first kappa shape index (κ1) is 31.6. The lowest BCUT2D eigenvalue weighted by Crippen LogP contribution is -2.30. The van der Waals surface area contributed by atoms with Crippen molar-refractivity contribution in [2.75, 3.05) is 13.1 Å². The number of carboxylic acids is 1. The van der Waals surface area contributed by atoms with Crippen LogP contribution in [-0.4, -0.2) is 46.6 Å². The Labute approximate surface area is 260 Å². The zero-order chi connectivity index (χ0) is 30.7. The molecule has 0 saturated carbocycles. The number of hydrogen-bond donors (Lipinski definition) is 2. The van der Waals surface area contributed by atoms with Crippen LogP contribution in [0.15, 0.2) is 103 Å². The standard InChI is InChI=1S/C38H43NO5/c1-28-8-7-11-34(24-28)36(43-27-32-17-15-30(16-18-32)14-13-29-9-3-2-4-10-29)26-39(23-6-5-12-35-38(42)44-35)25-31-19-21-33(22-20-31)37(40)41/h2-4,7-11,15-22,24,35-36,38,42H,5-6,12-14,23,25-27H2,1H3,(H,40,41). The topological polar surface area (TPSA) is 82.5 Å². The SMILES string of the molecule is Cc1cccc(C(CN(CCCCC2OC2O)Cc2ccc(C(=O)O)cc2)OCc2ccc(CCc3ccccc3)cc2)c1. The lowest BCUT2D eigenvalue weighted by atomic mass is 10.0. The van der Waals surface area contributed by atoms with Gasteiger partial charge in [-0.05, 0) is 85.5 Å². The number of unbranched alkanes of at least 4 members (excludes halogenated alkanes) is 1.